The molecule has 8 heteroatoms. The van der Waals surface area contributed by atoms with Crippen molar-refractivity contribution in [1.82, 2.24) is 10.3 Å². The maximum atomic E-state index is 10.7. The number of nitrogens with zero attached hydrogens (tertiary/aromatic N) is 2. The summed E-state index contributed by atoms with van der Waals surface area (Å²) < 4.78 is 4.35. The molecular formula is C6H9N5O3. The van der Waals surface area contributed by atoms with Crippen LogP contribution in [0, 0.1) is 0 Å². The van der Waals surface area contributed by atoms with Crippen LogP contribution < -0.4 is 16.4 Å². The van der Waals surface area contributed by atoms with Gasteiger partial charge in [-0.1, -0.05) is 0 Å². The Balaban J connectivity index is 2.62. The molecule has 8 nitrogen and oxygen atoms in total. The van der Waals surface area contributed by atoms with E-state index in [1.807, 2.05) is 0 Å². The minimum absolute atomic E-state index is 0.110. The van der Waals surface area contributed by atoms with Gasteiger partial charge in [-0.2, -0.15) is 0 Å². The number of rotatable bonds is 4. The zero-order valence-electron chi connectivity index (χ0n) is 7.40. The SMILES string of the molecule is CC(=O)Nc1nonc1NCC(N)=O. The molecule has 0 fully saturated rings. The van der Waals surface area contributed by atoms with Gasteiger partial charge in [-0.05, 0) is 10.3 Å². The summed E-state index contributed by atoms with van der Waals surface area (Å²) in [7, 11) is 0. The number of primary amides is 1. The van der Waals surface area contributed by atoms with Crippen molar-refractivity contribution in [3.63, 3.8) is 0 Å². The van der Waals surface area contributed by atoms with E-state index in [1.54, 1.807) is 0 Å². The van der Waals surface area contributed by atoms with Gasteiger partial charge in [0.05, 0.1) is 6.54 Å². The molecule has 1 aromatic heterocycles. The fraction of sp³-hybridized carbons (Fsp3) is 0.333. The third-order valence-corrected chi connectivity index (χ3v) is 1.21. The van der Waals surface area contributed by atoms with Crippen LogP contribution in [0.2, 0.25) is 0 Å². The molecule has 1 heterocycles. The van der Waals surface area contributed by atoms with Crippen molar-refractivity contribution in [2.24, 2.45) is 5.73 Å². The van der Waals surface area contributed by atoms with E-state index in [4.69, 9.17) is 5.73 Å². The van der Waals surface area contributed by atoms with Crippen molar-refractivity contribution in [2.75, 3.05) is 17.2 Å². The average molecular weight is 199 g/mol. The molecule has 1 rings (SSSR count). The fourth-order valence-electron chi connectivity index (χ4n) is 0.724. The molecule has 0 bridgehead atoms. The Hall–Kier alpha value is -2.12. The molecule has 0 atom stereocenters. The van der Waals surface area contributed by atoms with E-state index in [0.29, 0.717) is 0 Å². The topological polar surface area (TPSA) is 123 Å². The number of hydrogen-bond donors (Lipinski definition) is 3. The maximum absolute atomic E-state index is 10.7. The highest BCUT2D eigenvalue weighted by Gasteiger charge is 2.10. The van der Waals surface area contributed by atoms with Crippen LogP contribution in [0.1, 0.15) is 6.92 Å². The van der Waals surface area contributed by atoms with Crippen molar-refractivity contribution in [3.8, 4) is 0 Å². The number of aromatic nitrogens is 2. The molecule has 0 saturated carbocycles. The average Bonchev–Trinajstić information content (AvgIpc) is 2.47. The van der Waals surface area contributed by atoms with E-state index in [9.17, 15) is 9.59 Å². The number of hydrogen-bond acceptors (Lipinski definition) is 6. The summed E-state index contributed by atoms with van der Waals surface area (Å²) in [6, 6.07) is 0. The lowest BCUT2D eigenvalue weighted by atomic mass is 10.5. The van der Waals surface area contributed by atoms with E-state index in [0.717, 1.165) is 0 Å². The first kappa shape index (κ1) is 9.96. The predicted molar refractivity (Wildman–Crippen MR) is 46.3 cm³/mol. The van der Waals surface area contributed by atoms with Gasteiger partial charge >= 0.3 is 0 Å². The quantitative estimate of drug-likeness (QED) is 0.567. The molecular weight excluding hydrogens is 190 g/mol. The third kappa shape index (κ3) is 2.73. The van der Waals surface area contributed by atoms with Gasteiger partial charge in [0.1, 0.15) is 0 Å². The van der Waals surface area contributed by atoms with Gasteiger partial charge in [0, 0.05) is 6.92 Å². The summed E-state index contributed by atoms with van der Waals surface area (Å²) in [5.41, 5.74) is 4.89. The number of carbonyl (C=O) groups is 2. The van der Waals surface area contributed by atoms with Crippen LogP contribution in [0.15, 0.2) is 4.63 Å². The summed E-state index contributed by atoms with van der Waals surface area (Å²) in [5, 5.41) is 11.7. The number of nitrogens with one attached hydrogen (secondary N) is 2. The minimum Gasteiger partial charge on any atom is -0.368 e. The fourth-order valence-corrected chi connectivity index (χ4v) is 0.724. The summed E-state index contributed by atoms with van der Waals surface area (Å²) in [6.07, 6.45) is 0. The molecule has 0 aromatic carbocycles. The zero-order chi connectivity index (χ0) is 10.6. The molecule has 0 aliphatic carbocycles. The van der Waals surface area contributed by atoms with Crippen molar-refractivity contribution in [1.29, 1.82) is 0 Å². The van der Waals surface area contributed by atoms with Crippen molar-refractivity contribution in [3.05, 3.63) is 0 Å². The highest BCUT2D eigenvalue weighted by atomic mass is 16.6. The van der Waals surface area contributed by atoms with Crippen molar-refractivity contribution < 1.29 is 14.2 Å². The van der Waals surface area contributed by atoms with Gasteiger partial charge < -0.3 is 16.4 Å². The first-order valence-corrected chi connectivity index (χ1v) is 3.72. The lowest BCUT2D eigenvalue weighted by molar-refractivity contribution is -0.116. The second kappa shape index (κ2) is 4.21. The normalized spacial score (nSPS) is 9.50. The lowest BCUT2D eigenvalue weighted by Gasteiger charge is -2.00. The summed E-state index contributed by atoms with van der Waals surface area (Å²) in [5.74, 6) is -0.581. The van der Waals surface area contributed by atoms with Crippen LogP contribution in [0.4, 0.5) is 11.6 Å². The van der Waals surface area contributed by atoms with Crippen LogP contribution >= 0.6 is 0 Å². The van der Waals surface area contributed by atoms with Gasteiger partial charge in [0.15, 0.2) is 0 Å². The van der Waals surface area contributed by atoms with E-state index >= 15 is 0 Å². The van der Waals surface area contributed by atoms with Gasteiger partial charge in [-0.3, -0.25) is 9.59 Å². The van der Waals surface area contributed by atoms with Crippen LogP contribution in [-0.2, 0) is 9.59 Å². The van der Waals surface area contributed by atoms with E-state index in [-0.39, 0.29) is 24.1 Å². The molecule has 1 aromatic rings. The predicted octanol–water partition coefficient (Wildman–Crippen LogP) is -1.07. The maximum Gasteiger partial charge on any atom is 0.236 e. The lowest BCUT2D eigenvalue weighted by Crippen LogP contribution is -2.22. The summed E-state index contributed by atoms with van der Waals surface area (Å²) >= 11 is 0. The molecule has 14 heavy (non-hydrogen) atoms. The van der Waals surface area contributed by atoms with Gasteiger partial charge in [0.2, 0.25) is 23.5 Å². The first-order valence-electron chi connectivity index (χ1n) is 3.72. The second-order valence-electron chi connectivity index (χ2n) is 2.46. The third-order valence-electron chi connectivity index (χ3n) is 1.21. The summed E-state index contributed by atoms with van der Waals surface area (Å²) in [4.78, 5) is 21.1. The Morgan fingerprint density at radius 3 is 2.64 bits per heavy atom. The highest BCUT2D eigenvalue weighted by molar-refractivity contribution is 5.90. The molecule has 0 aliphatic heterocycles. The largest absolute Gasteiger partial charge is 0.368 e. The van der Waals surface area contributed by atoms with Gasteiger partial charge in [-0.15, -0.1) is 0 Å². The standard InChI is InChI=1S/C6H9N5O3/c1-3(12)9-6-5(10-14-11-6)8-2-4(7)13/h2H2,1H3,(H2,7,13)(H,8,10)(H,9,11,12). The molecule has 0 unspecified atom stereocenters. The number of nitrogens with two attached hydrogens (primary N) is 1. The smallest absolute Gasteiger partial charge is 0.236 e. The first-order chi connectivity index (χ1) is 6.59. The van der Waals surface area contributed by atoms with Crippen LogP contribution in [-0.4, -0.2) is 28.7 Å². The monoisotopic (exact) mass is 199 g/mol. The molecule has 0 radical (unpaired) electrons. The second-order valence-corrected chi connectivity index (χ2v) is 2.46. The van der Waals surface area contributed by atoms with Gasteiger partial charge in [0.25, 0.3) is 0 Å². The van der Waals surface area contributed by atoms with Crippen LogP contribution in [0.5, 0.6) is 0 Å². The molecule has 4 N–H and O–H groups in total. The van der Waals surface area contributed by atoms with Crippen LogP contribution in [0.25, 0.3) is 0 Å². The Bertz CT molecular complexity index is 347. The van der Waals surface area contributed by atoms with E-state index in [1.165, 1.54) is 6.92 Å². The van der Waals surface area contributed by atoms with Crippen molar-refractivity contribution in [2.45, 2.75) is 6.92 Å². The molecule has 0 aliphatic rings. The molecule has 0 saturated heterocycles. The van der Waals surface area contributed by atoms with Crippen molar-refractivity contribution >= 4 is 23.5 Å². The summed E-state index contributed by atoms with van der Waals surface area (Å²) in [6.45, 7) is 1.20. The number of amides is 2. The number of anilines is 2. The Morgan fingerprint density at radius 1 is 1.43 bits per heavy atom. The Morgan fingerprint density at radius 2 is 2.07 bits per heavy atom. The molecule has 2 amide bonds. The molecule has 76 valence electrons. The van der Waals surface area contributed by atoms with E-state index < -0.39 is 5.91 Å². The Kier molecular flexibility index (Phi) is 3.00. The van der Waals surface area contributed by atoms with Gasteiger partial charge in [-0.25, -0.2) is 4.63 Å². The van der Waals surface area contributed by atoms with E-state index in [2.05, 4.69) is 25.6 Å². The highest BCUT2D eigenvalue weighted by Crippen LogP contribution is 2.14. The minimum atomic E-state index is -0.554. The Labute approximate surface area is 78.8 Å². The molecule has 0 spiro atoms. The number of carbonyl (C=O) groups excluding carboxylic acids is 2. The zero-order valence-corrected chi connectivity index (χ0v) is 7.40. The van der Waals surface area contributed by atoms with Crippen LogP contribution in [0.3, 0.4) is 0 Å².